The third kappa shape index (κ3) is 5.51. The summed E-state index contributed by atoms with van der Waals surface area (Å²) in [7, 11) is 0. The molecule has 2 N–H and O–H groups in total. The maximum atomic E-state index is 5.30. The molecule has 0 atom stereocenters. The monoisotopic (exact) mass is 123 g/mol. The van der Waals surface area contributed by atoms with Crippen molar-refractivity contribution >= 4 is 13.4 Å². The molecule has 50 valence electrons. The molecule has 0 fully saturated rings. The Kier molecular flexibility index (Phi) is 5.53. The molecule has 0 aliphatic carbocycles. The Morgan fingerprint density at radius 3 is 2.56 bits per heavy atom. The Balaban J connectivity index is 3.07. The van der Waals surface area contributed by atoms with E-state index in [4.69, 9.17) is 5.73 Å². The van der Waals surface area contributed by atoms with Gasteiger partial charge in [-0.15, -0.1) is 0 Å². The molecular weight excluding hydrogens is 109 g/mol. The SMILES string of the molecule is C=BC(=C)CCCCN. The van der Waals surface area contributed by atoms with E-state index in [1.165, 1.54) is 0 Å². The number of hydrogen-bond donors (Lipinski definition) is 1. The second kappa shape index (κ2) is 5.77. The summed E-state index contributed by atoms with van der Waals surface area (Å²) in [5, 5.41) is 0. The molecule has 0 amide bonds. The van der Waals surface area contributed by atoms with Crippen molar-refractivity contribution in [1.82, 2.24) is 0 Å². The molecule has 0 unspecified atom stereocenters. The van der Waals surface area contributed by atoms with E-state index < -0.39 is 0 Å². The Bertz CT molecular complexity index is 99.1. The van der Waals surface area contributed by atoms with Crippen LogP contribution in [0.25, 0.3) is 0 Å². The van der Waals surface area contributed by atoms with E-state index in [1.54, 1.807) is 6.92 Å². The fourth-order valence-corrected chi connectivity index (χ4v) is 0.598. The average Bonchev–Trinajstić information content (AvgIpc) is 1.89. The first-order valence-corrected chi connectivity index (χ1v) is 3.31. The van der Waals surface area contributed by atoms with Gasteiger partial charge in [-0.25, -0.2) is 0 Å². The molecule has 0 bridgehead atoms. The molecule has 0 aliphatic rings. The van der Waals surface area contributed by atoms with Crippen molar-refractivity contribution < 1.29 is 0 Å². The Morgan fingerprint density at radius 1 is 1.44 bits per heavy atom. The van der Waals surface area contributed by atoms with Gasteiger partial charge in [-0.3, -0.25) is 0 Å². The van der Waals surface area contributed by atoms with Gasteiger partial charge in [0, 0.05) is 0 Å². The van der Waals surface area contributed by atoms with Crippen LogP contribution in [0.5, 0.6) is 0 Å². The van der Waals surface area contributed by atoms with Crippen LogP contribution in [0.15, 0.2) is 12.1 Å². The standard InChI is InChI=1S/C7H14BN/c1-7(8-2)5-3-4-6-9/h1-6,9H2. The minimum atomic E-state index is 0.782. The second-order valence-corrected chi connectivity index (χ2v) is 2.11. The zero-order valence-electron chi connectivity index (χ0n) is 5.90. The summed E-state index contributed by atoms with van der Waals surface area (Å²) in [6.45, 7) is 9.98. The zero-order chi connectivity index (χ0) is 7.11. The first kappa shape index (κ1) is 8.63. The van der Waals surface area contributed by atoms with Crippen LogP contribution in [0.2, 0.25) is 0 Å². The van der Waals surface area contributed by atoms with Crippen molar-refractivity contribution in [2.45, 2.75) is 19.3 Å². The van der Waals surface area contributed by atoms with Gasteiger partial charge in [-0.2, -0.15) is 0 Å². The molecule has 0 radical (unpaired) electrons. The predicted molar refractivity (Wildman–Crippen MR) is 44.9 cm³/mol. The van der Waals surface area contributed by atoms with Crippen molar-refractivity contribution in [3.05, 3.63) is 12.1 Å². The van der Waals surface area contributed by atoms with Crippen LogP contribution in [0.3, 0.4) is 0 Å². The Hall–Kier alpha value is -0.365. The zero-order valence-corrected chi connectivity index (χ0v) is 5.90. The van der Waals surface area contributed by atoms with E-state index in [0.29, 0.717) is 0 Å². The van der Waals surface area contributed by atoms with Crippen molar-refractivity contribution in [1.29, 1.82) is 0 Å². The number of nitrogens with two attached hydrogens (primary N) is 1. The van der Waals surface area contributed by atoms with Crippen molar-refractivity contribution in [3.8, 4) is 0 Å². The van der Waals surface area contributed by atoms with Gasteiger partial charge >= 0.3 is 57.0 Å². The first-order valence-electron chi connectivity index (χ1n) is 3.31. The van der Waals surface area contributed by atoms with Crippen LogP contribution in [0, 0.1) is 0 Å². The number of allylic oxidation sites excluding steroid dienone is 1. The Labute approximate surface area is 57.9 Å². The maximum absolute atomic E-state index is 5.30. The van der Waals surface area contributed by atoms with Crippen LogP contribution in [0.4, 0.5) is 0 Å². The molecule has 0 heterocycles. The number of rotatable bonds is 5. The summed E-state index contributed by atoms with van der Waals surface area (Å²) >= 11 is 0. The molecular formula is C7H14BN. The van der Waals surface area contributed by atoms with Crippen LogP contribution in [-0.4, -0.2) is 19.9 Å². The van der Waals surface area contributed by atoms with Crippen LogP contribution in [0.1, 0.15) is 19.3 Å². The van der Waals surface area contributed by atoms with E-state index in [1.807, 2.05) is 0 Å². The number of unbranched alkanes of at least 4 members (excludes halogenated alkanes) is 1. The summed E-state index contributed by atoms with van der Waals surface area (Å²) in [6, 6.07) is 0. The van der Waals surface area contributed by atoms with E-state index in [2.05, 4.69) is 13.0 Å². The molecule has 0 spiro atoms. The average molecular weight is 123 g/mol. The summed E-state index contributed by atoms with van der Waals surface area (Å²) in [4.78, 5) is 0. The van der Waals surface area contributed by atoms with Crippen molar-refractivity contribution in [2.75, 3.05) is 6.54 Å². The molecule has 2 heteroatoms. The topological polar surface area (TPSA) is 26.0 Å². The van der Waals surface area contributed by atoms with E-state index in [-0.39, 0.29) is 0 Å². The molecule has 0 saturated carbocycles. The third-order valence-corrected chi connectivity index (χ3v) is 1.24. The molecule has 0 aromatic rings. The van der Waals surface area contributed by atoms with E-state index >= 15 is 0 Å². The van der Waals surface area contributed by atoms with Crippen molar-refractivity contribution in [3.63, 3.8) is 0 Å². The minimum absolute atomic E-state index is 0.782. The van der Waals surface area contributed by atoms with E-state index in [0.717, 1.165) is 31.3 Å². The normalized spacial score (nSPS) is 8.56. The molecule has 0 aromatic heterocycles. The predicted octanol–water partition coefficient (Wildman–Crippen LogP) is 0.765. The van der Waals surface area contributed by atoms with Gasteiger partial charge < -0.3 is 0 Å². The fraction of sp³-hybridized carbons (Fsp3) is 0.571. The summed E-state index contributed by atoms with van der Waals surface area (Å²) in [5.41, 5.74) is 6.41. The Morgan fingerprint density at radius 2 is 2.11 bits per heavy atom. The van der Waals surface area contributed by atoms with Crippen LogP contribution in [-0.2, 0) is 0 Å². The van der Waals surface area contributed by atoms with Gasteiger partial charge in [-0.1, -0.05) is 0 Å². The van der Waals surface area contributed by atoms with Gasteiger partial charge in [0.05, 0.1) is 0 Å². The van der Waals surface area contributed by atoms with Gasteiger partial charge in [0.1, 0.15) is 0 Å². The van der Waals surface area contributed by atoms with Crippen molar-refractivity contribution in [2.24, 2.45) is 5.73 Å². The van der Waals surface area contributed by atoms with Gasteiger partial charge in [0.25, 0.3) is 0 Å². The number of hydrogen-bond acceptors (Lipinski definition) is 1. The van der Waals surface area contributed by atoms with Gasteiger partial charge in [0.2, 0.25) is 0 Å². The van der Waals surface area contributed by atoms with E-state index in [9.17, 15) is 0 Å². The molecule has 1 nitrogen and oxygen atoms in total. The molecule has 0 rings (SSSR count). The first-order chi connectivity index (χ1) is 4.31. The molecule has 0 aliphatic heterocycles. The summed E-state index contributed by atoms with van der Waals surface area (Å²) < 4.78 is 0. The molecule has 0 saturated heterocycles. The van der Waals surface area contributed by atoms with Crippen LogP contribution >= 0.6 is 0 Å². The molecule has 9 heavy (non-hydrogen) atoms. The summed E-state index contributed by atoms with van der Waals surface area (Å²) in [5.74, 6) is 0. The van der Waals surface area contributed by atoms with Gasteiger partial charge in [0.15, 0.2) is 0 Å². The quantitative estimate of drug-likeness (QED) is 0.424. The second-order valence-electron chi connectivity index (χ2n) is 2.11. The fourth-order valence-electron chi connectivity index (χ4n) is 0.598. The molecule has 0 aromatic carbocycles. The van der Waals surface area contributed by atoms with Crippen LogP contribution < -0.4 is 5.73 Å². The third-order valence-electron chi connectivity index (χ3n) is 1.24. The van der Waals surface area contributed by atoms with Gasteiger partial charge in [-0.05, 0) is 0 Å². The summed E-state index contributed by atoms with van der Waals surface area (Å²) in [6.07, 6.45) is 3.27.